The van der Waals surface area contributed by atoms with E-state index in [1.165, 1.54) is 69.0 Å². The van der Waals surface area contributed by atoms with Gasteiger partial charge in [-0.3, -0.25) is 4.68 Å². The third-order valence-electron chi connectivity index (χ3n) is 4.58. The Morgan fingerprint density at radius 1 is 1.00 bits per heavy atom. The molecular formula is C18H34N2. The van der Waals surface area contributed by atoms with E-state index in [9.17, 15) is 0 Å². The van der Waals surface area contributed by atoms with Gasteiger partial charge in [-0.05, 0) is 30.7 Å². The minimum Gasteiger partial charge on any atom is -0.275 e. The molecule has 0 N–H and O–H groups in total. The number of unbranched alkanes of at least 4 members (excludes halogenated alkanes) is 5. The van der Waals surface area contributed by atoms with Crippen molar-refractivity contribution in [1.29, 1.82) is 0 Å². The van der Waals surface area contributed by atoms with Crippen molar-refractivity contribution in [3.8, 4) is 0 Å². The van der Waals surface area contributed by atoms with E-state index in [2.05, 4.69) is 39.0 Å². The highest BCUT2D eigenvalue weighted by Gasteiger charge is 2.28. The molecule has 1 unspecified atom stereocenters. The van der Waals surface area contributed by atoms with Gasteiger partial charge in [-0.2, -0.15) is 5.10 Å². The van der Waals surface area contributed by atoms with Crippen LogP contribution in [0.3, 0.4) is 0 Å². The Labute approximate surface area is 126 Å². The number of hydrogen-bond acceptors (Lipinski definition) is 1. The van der Waals surface area contributed by atoms with E-state index in [4.69, 9.17) is 0 Å². The van der Waals surface area contributed by atoms with Crippen LogP contribution in [0.2, 0.25) is 0 Å². The second kappa shape index (κ2) is 8.49. The topological polar surface area (TPSA) is 17.8 Å². The van der Waals surface area contributed by atoms with E-state index in [1.807, 2.05) is 11.7 Å². The molecule has 0 aliphatic rings. The number of rotatable bonds is 10. The number of aromatic nitrogens is 2. The molecule has 0 radical (unpaired) electrons. The average molecular weight is 278 g/mol. The lowest BCUT2D eigenvalue weighted by Gasteiger charge is -2.30. The van der Waals surface area contributed by atoms with Gasteiger partial charge < -0.3 is 0 Å². The molecule has 1 heterocycles. The SMILES string of the molecule is CCCCCCC(C)(CCCCC)c1cn(C)nc1C. The fourth-order valence-corrected chi connectivity index (χ4v) is 3.29. The molecule has 1 aromatic heterocycles. The minimum absolute atomic E-state index is 0.321. The van der Waals surface area contributed by atoms with Crippen molar-refractivity contribution in [3.05, 3.63) is 17.5 Å². The van der Waals surface area contributed by atoms with Crippen LogP contribution in [-0.4, -0.2) is 9.78 Å². The summed E-state index contributed by atoms with van der Waals surface area (Å²) in [5, 5.41) is 4.57. The highest BCUT2D eigenvalue weighted by molar-refractivity contribution is 5.25. The van der Waals surface area contributed by atoms with E-state index in [0.717, 1.165) is 0 Å². The van der Waals surface area contributed by atoms with Gasteiger partial charge in [0.25, 0.3) is 0 Å². The largest absolute Gasteiger partial charge is 0.275 e. The molecule has 0 aliphatic heterocycles. The highest BCUT2D eigenvalue weighted by Crippen LogP contribution is 2.36. The zero-order valence-corrected chi connectivity index (χ0v) is 14.3. The van der Waals surface area contributed by atoms with E-state index < -0.39 is 0 Å². The monoisotopic (exact) mass is 278 g/mol. The summed E-state index contributed by atoms with van der Waals surface area (Å²) in [7, 11) is 2.04. The number of nitrogens with zero attached hydrogens (tertiary/aromatic N) is 2. The summed E-state index contributed by atoms with van der Waals surface area (Å²) in [5.74, 6) is 0. The van der Waals surface area contributed by atoms with Gasteiger partial charge in [0.1, 0.15) is 0 Å². The lowest BCUT2D eigenvalue weighted by molar-refractivity contribution is 0.364. The van der Waals surface area contributed by atoms with Crippen LogP contribution < -0.4 is 0 Å². The van der Waals surface area contributed by atoms with Gasteiger partial charge in [0.05, 0.1) is 5.69 Å². The first-order chi connectivity index (χ1) is 9.53. The first-order valence-electron chi connectivity index (χ1n) is 8.54. The molecule has 0 bridgehead atoms. The van der Waals surface area contributed by atoms with Gasteiger partial charge in [0.15, 0.2) is 0 Å². The van der Waals surface area contributed by atoms with Crippen LogP contribution in [0.15, 0.2) is 6.20 Å². The molecule has 0 fully saturated rings. The molecule has 0 saturated carbocycles. The second-order valence-electron chi connectivity index (χ2n) is 6.63. The first kappa shape index (κ1) is 17.3. The maximum absolute atomic E-state index is 4.57. The summed E-state index contributed by atoms with van der Waals surface area (Å²) in [6.45, 7) is 9.19. The number of aryl methyl sites for hydroxylation is 2. The summed E-state index contributed by atoms with van der Waals surface area (Å²) < 4.78 is 1.98. The Hall–Kier alpha value is -0.790. The van der Waals surface area contributed by atoms with Gasteiger partial charge in [0, 0.05) is 13.2 Å². The van der Waals surface area contributed by atoms with Crippen molar-refractivity contribution < 1.29 is 0 Å². The summed E-state index contributed by atoms with van der Waals surface area (Å²) in [4.78, 5) is 0. The van der Waals surface area contributed by atoms with Gasteiger partial charge >= 0.3 is 0 Å². The normalized spacial score (nSPS) is 14.4. The van der Waals surface area contributed by atoms with Crippen molar-refractivity contribution in [2.24, 2.45) is 7.05 Å². The Morgan fingerprint density at radius 2 is 1.55 bits per heavy atom. The van der Waals surface area contributed by atoms with Crippen LogP contribution in [0, 0.1) is 6.92 Å². The molecule has 0 aliphatic carbocycles. The second-order valence-corrected chi connectivity index (χ2v) is 6.63. The lowest BCUT2D eigenvalue weighted by atomic mass is 9.74. The molecule has 2 heteroatoms. The maximum Gasteiger partial charge on any atom is 0.0631 e. The van der Waals surface area contributed by atoms with Gasteiger partial charge in [-0.1, -0.05) is 65.7 Å². The molecule has 0 spiro atoms. The van der Waals surface area contributed by atoms with E-state index in [1.54, 1.807) is 0 Å². The molecule has 1 aromatic rings. The van der Waals surface area contributed by atoms with E-state index in [0.29, 0.717) is 5.41 Å². The lowest BCUT2D eigenvalue weighted by Crippen LogP contribution is -2.22. The molecule has 20 heavy (non-hydrogen) atoms. The predicted octanol–water partition coefficient (Wildman–Crippen LogP) is 5.54. The van der Waals surface area contributed by atoms with E-state index in [-0.39, 0.29) is 0 Å². The quantitative estimate of drug-likeness (QED) is 0.514. The average Bonchev–Trinajstić information content (AvgIpc) is 2.75. The molecular weight excluding hydrogens is 244 g/mol. The van der Waals surface area contributed by atoms with Crippen LogP contribution in [0.4, 0.5) is 0 Å². The van der Waals surface area contributed by atoms with Gasteiger partial charge in [-0.15, -0.1) is 0 Å². The van der Waals surface area contributed by atoms with E-state index >= 15 is 0 Å². The molecule has 1 atom stereocenters. The zero-order chi connectivity index (χ0) is 15.0. The predicted molar refractivity (Wildman–Crippen MR) is 88.2 cm³/mol. The zero-order valence-electron chi connectivity index (χ0n) is 14.3. The molecule has 0 saturated heterocycles. The summed E-state index contributed by atoms with van der Waals surface area (Å²) in [6.07, 6.45) is 14.3. The van der Waals surface area contributed by atoms with Gasteiger partial charge in [-0.25, -0.2) is 0 Å². The Balaban J connectivity index is 2.74. The van der Waals surface area contributed by atoms with Crippen LogP contribution in [0.5, 0.6) is 0 Å². The van der Waals surface area contributed by atoms with Crippen molar-refractivity contribution in [3.63, 3.8) is 0 Å². The summed E-state index contributed by atoms with van der Waals surface area (Å²) in [6, 6.07) is 0. The summed E-state index contributed by atoms with van der Waals surface area (Å²) in [5.41, 5.74) is 3.02. The maximum atomic E-state index is 4.57. The smallest absolute Gasteiger partial charge is 0.0631 e. The third-order valence-corrected chi connectivity index (χ3v) is 4.58. The Kier molecular flexibility index (Phi) is 7.32. The fraction of sp³-hybridized carbons (Fsp3) is 0.833. The standard InChI is InChI=1S/C18H34N2/c1-6-8-10-12-14-18(4,13-11-9-7-2)17-15-20(5)19-16(17)3/h15H,6-14H2,1-5H3. The van der Waals surface area contributed by atoms with Crippen molar-refractivity contribution in [2.45, 2.75) is 90.9 Å². The summed E-state index contributed by atoms with van der Waals surface area (Å²) >= 11 is 0. The van der Waals surface area contributed by atoms with Crippen LogP contribution >= 0.6 is 0 Å². The first-order valence-corrected chi connectivity index (χ1v) is 8.54. The van der Waals surface area contributed by atoms with Crippen molar-refractivity contribution in [2.75, 3.05) is 0 Å². The van der Waals surface area contributed by atoms with Crippen LogP contribution in [-0.2, 0) is 12.5 Å². The Morgan fingerprint density at radius 3 is 2.05 bits per heavy atom. The molecule has 1 rings (SSSR count). The van der Waals surface area contributed by atoms with Crippen molar-refractivity contribution >= 4 is 0 Å². The molecule has 0 amide bonds. The van der Waals surface area contributed by atoms with Crippen LogP contribution in [0.25, 0.3) is 0 Å². The fourth-order valence-electron chi connectivity index (χ4n) is 3.29. The van der Waals surface area contributed by atoms with Gasteiger partial charge in [0.2, 0.25) is 0 Å². The van der Waals surface area contributed by atoms with Crippen molar-refractivity contribution in [1.82, 2.24) is 9.78 Å². The molecule has 116 valence electrons. The highest BCUT2D eigenvalue weighted by atomic mass is 15.2. The molecule has 0 aromatic carbocycles. The minimum atomic E-state index is 0.321. The number of hydrogen-bond donors (Lipinski definition) is 0. The van der Waals surface area contributed by atoms with Crippen LogP contribution in [0.1, 0.15) is 89.8 Å². The molecule has 2 nitrogen and oxygen atoms in total. The Bertz CT molecular complexity index is 381. The third kappa shape index (κ3) is 4.96.